The number of aromatic nitrogens is 3. The van der Waals surface area contributed by atoms with E-state index in [2.05, 4.69) is 15.0 Å². The summed E-state index contributed by atoms with van der Waals surface area (Å²) in [6.07, 6.45) is 4.64. The Kier molecular flexibility index (Phi) is 3.33. The highest BCUT2D eigenvalue weighted by atomic mass is 16.5. The molecule has 0 atom stereocenters. The summed E-state index contributed by atoms with van der Waals surface area (Å²) in [5.74, 6) is 1.08. The summed E-state index contributed by atoms with van der Waals surface area (Å²) >= 11 is 0. The smallest absolute Gasteiger partial charge is 0.229 e. The average Bonchev–Trinajstić information content (AvgIpc) is 3.42. The first kappa shape index (κ1) is 16.5. The molecule has 5 rings (SSSR count). The number of hydrogen-bond acceptors (Lipinski definition) is 7. The summed E-state index contributed by atoms with van der Waals surface area (Å²) in [6.45, 7) is 0. The number of amides is 1. The molecule has 8 heteroatoms. The zero-order valence-corrected chi connectivity index (χ0v) is 15.1. The Hall–Kier alpha value is -3.68. The van der Waals surface area contributed by atoms with E-state index in [1.54, 1.807) is 31.6 Å². The second-order valence-electron chi connectivity index (χ2n) is 6.97. The number of nitrogens with zero attached hydrogens (tertiary/aromatic N) is 3. The Bertz CT molecular complexity index is 1260. The molecule has 4 N–H and O–H groups in total. The van der Waals surface area contributed by atoms with Crippen LogP contribution in [0.2, 0.25) is 0 Å². The molecule has 140 valence electrons. The van der Waals surface area contributed by atoms with Crippen molar-refractivity contribution >= 4 is 33.6 Å². The molecule has 3 heterocycles. The molecule has 0 spiro atoms. The van der Waals surface area contributed by atoms with Gasteiger partial charge in [-0.1, -0.05) is 0 Å². The molecule has 1 aliphatic rings. The highest BCUT2D eigenvalue weighted by Gasteiger charge is 2.51. The molecule has 4 aromatic rings. The molecule has 0 radical (unpaired) electrons. The third kappa shape index (κ3) is 2.31. The van der Waals surface area contributed by atoms with Crippen LogP contribution in [0.15, 0.2) is 41.1 Å². The number of carbonyl (C=O) groups excluding carboxylic acids is 1. The van der Waals surface area contributed by atoms with Gasteiger partial charge in [0, 0.05) is 29.2 Å². The monoisotopic (exact) mass is 375 g/mol. The lowest BCUT2D eigenvalue weighted by Crippen LogP contribution is -2.29. The Morgan fingerprint density at radius 1 is 1.18 bits per heavy atom. The van der Waals surface area contributed by atoms with Crippen LogP contribution in [0.1, 0.15) is 18.5 Å². The van der Waals surface area contributed by atoms with Gasteiger partial charge < -0.3 is 20.6 Å². The Morgan fingerprint density at radius 2 is 2.00 bits per heavy atom. The number of ether oxygens (including phenoxy) is 1. The molecule has 28 heavy (non-hydrogen) atoms. The molecule has 0 saturated heterocycles. The fraction of sp³-hybridized carbons (Fsp3) is 0.200. The fourth-order valence-electron chi connectivity index (χ4n) is 3.49. The largest absolute Gasteiger partial charge is 0.497 e. The fourth-order valence-corrected chi connectivity index (χ4v) is 3.49. The maximum Gasteiger partial charge on any atom is 0.229 e. The van der Waals surface area contributed by atoms with Crippen LogP contribution < -0.4 is 16.2 Å². The van der Waals surface area contributed by atoms with Crippen LogP contribution in [0, 0.1) is 0 Å². The molecule has 0 aliphatic heterocycles. The van der Waals surface area contributed by atoms with Crippen molar-refractivity contribution in [3.05, 3.63) is 42.4 Å². The number of anilines is 1. The van der Waals surface area contributed by atoms with Crippen molar-refractivity contribution in [1.29, 1.82) is 0 Å². The van der Waals surface area contributed by atoms with Gasteiger partial charge in [-0.15, -0.1) is 0 Å². The first-order chi connectivity index (χ1) is 13.5. The zero-order chi connectivity index (χ0) is 19.5. The van der Waals surface area contributed by atoms with Crippen LogP contribution >= 0.6 is 0 Å². The average molecular weight is 375 g/mol. The molecule has 1 amide bonds. The minimum atomic E-state index is -0.696. The van der Waals surface area contributed by atoms with E-state index in [0.717, 1.165) is 5.39 Å². The molecule has 0 bridgehead atoms. The van der Waals surface area contributed by atoms with Crippen molar-refractivity contribution in [3.8, 4) is 17.2 Å². The van der Waals surface area contributed by atoms with E-state index < -0.39 is 5.41 Å². The van der Waals surface area contributed by atoms with Gasteiger partial charge in [0.1, 0.15) is 17.1 Å². The third-order valence-electron chi connectivity index (χ3n) is 5.34. The number of primary amides is 1. The predicted octanol–water partition coefficient (Wildman–Crippen LogP) is 2.55. The van der Waals surface area contributed by atoms with Crippen molar-refractivity contribution in [2.45, 2.75) is 18.3 Å². The molecular formula is C20H17N5O3. The van der Waals surface area contributed by atoms with Crippen molar-refractivity contribution < 1.29 is 13.9 Å². The summed E-state index contributed by atoms with van der Waals surface area (Å²) in [5.41, 5.74) is 13.6. The number of nitrogens with two attached hydrogens (primary N) is 2. The van der Waals surface area contributed by atoms with Crippen LogP contribution in [-0.2, 0) is 10.2 Å². The molecule has 1 aliphatic carbocycles. The number of nitrogen functional groups attached to an aromatic ring is 1. The maximum atomic E-state index is 11.9. The second-order valence-corrected chi connectivity index (χ2v) is 6.97. The Balaban J connectivity index is 1.73. The van der Waals surface area contributed by atoms with Gasteiger partial charge in [0.15, 0.2) is 5.58 Å². The van der Waals surface area contributed by atoms with Gasteiger partial charge in [0.2, 0.25) is 11.8 Å². The normalized spacial score (nSPS) is 15.0. The van der Waals surface area contributed by atoms with Gasteiger partial charge in [-0.05, 0) is 31.0 Å². The van der Waals surface area contributed by atoms with E-state index in [-0.39, 0.29) is 5.91 Å². The second kappa shape index (κ2) is 5.66. The summed E-state index contributed by atoms with van der Waals surface area (Å²) in [4.78, 5) is 25.2. The van der Waals surface area contributed by atoms with E-state index in [1.165, 1.54) is 0 Å². The Labute approximate surface area is 159 Å². The highest BCUT2D eigenvalue weighted by Crippen LogP contribution is 2.48. The van der Waals surface area contributed by atoms with Crippen molar-refractivity contribution in [2.24, 2.45) is 5.73 Å². The predicted molar refractivity (Wildman–Crippen MR) is 104 cm³/mol. The van der Waals surface area contributed by atoms with E-state index in [9.17, 15) is 4.79 Å². The van der Waals surface area contributed by atoms with Crippen molar-refractivity contribution in [2.75, 3.05) is 12.8 Å². The number of rotatable bonds is 4. The van der Waals surface area contributed by atoms with E-state index in [4.69, 9.17) is 20.6 Å². The van der Waals surface area contributed by atoms with E-state index in [0.29, 0.717) is 58.0 Å². The minimum Gasteiger partial charge on any atom is -0.497 e. The topological polar surface area (TPSA) is 130 Å². The van der Waals surface area contributed by atoms with Gasteiger partial charge in [-0.3, -0.25) is 9.78 Å². The van der Waals surface area contributed by atoms with E-state index >= 15 is 0 Å². The summed E-state index contributed by atoms with van der Waals surface area (Å²) in [5, 5.41) is 1.44. The standard InChI is InChI=1S/C20H17N5O3/c1-27-10-2-3-15-14(6-10)25-18(28-15)13-9-24-17(21)12-8-23-16(7-11(12)13)20(4-5-20)19(22)26/h2-3,6-9H,4-5H2,1H3,(H2,21,24)(H2,22,26). The molecule has 3 aromatic heterocycles. The van der Waals surface area contributed by atoms with Gasteiger partial charge in [0.25, 0.3) is 0 Å². The van der Waals surface area contributed by atoms with Crippen LogP contribution in [0.5, 0.6) is 5.75 Å². The summed E-state index contributed by atoms with van der Waals surface area (Å²) in [6, 6.07) is 7.25. The lowest BCUT2D eigenvalue weighted by Gasteiger charge is -2.12. The Morgan fingerprint density at radius 3 is 2.71 bits per heavy atom. The number of oxazole rings is 1. The molecule has 1 aromatic carbocycles. The van der Waals surface area contributed by atoms with Crippen LogP contribution in [0.3, 0.4) is 0 Å². The number of pyridine rings is 2. The molecular weight excluding hydrogens is 358 g/mol. The summed E-state index contributed by atoms with van der Waals surface area (Å²) < 4.78 is 11.2. The van der Waals surface area contributed by atoms with Crippen molar-refractivity contribution in [3.63, 3.8) is 0 Å². The third-order valence-corrected chi connectivity index (χ3v) is 5.34. The van der Waals surface area contributed by atoms with E-state index in [1.807, 2.05) is 12.1 Å². The number of carbonyl (C=O) groups is 1. The first-order valence-electron chi connectivity index (χ1n) is 8.81. The van der Waals surface area contributed by atoms with Gasteiger partial charge in [-0.25, -0.2) is 9.97 Å². The van der Waals surface area contributed by atoms with Gasteiger partial charge in [0.05, 0.1) is 23.8 Å². The van der Waals surface area contributed by atoms with Crippen LogP contribution in [-0.4, -0.2) is 28.0 Å². The van der Waals surface area contributed by atoms with Crippen LogP contribution in [0.4, 0.5) is 5.82 Å². The van der Waals surface area contributed by atoms with Gasteiger partial charge >= 0.3 is 0 Å². The SMILES string of the molecule is COc1ccc2oc(-c3cnc(N)c4cnc(C5(C(N)=O)CC5)cc34)nc2c1. The number of fused-ring (bicyclic) bond motifs is 2. The highest BCUT2D eigenvalue weighted by molar-refractivity contribution is 6.01. The molecule has 1 saturated carbocycles. The lowest BCUT2D eigenvalue weighted by atomic mass is 9.98. The molecule has 8 nitrogen and oxygen atoms in total. The lowest BCUT2D eigenvalue weighted by molar-refractivity contribution is -0.120. The maximum absolute atomic E-state index is 11.9. The minimum absolute atomic E-state index is 0.347. The van der Waals surface area contributed by atoms with Crippen LogP contribution in [0.25, 0.3) is 33.3 Å². The zero-order valence-electron chi connectivity index (χ0n) is 15.1. The van der Waals surface area contributed by atoms with Crippen molar-refractivity contribution in [1.82, 2.24) is 15.0 Å². The number of methoxy groups -OCH3 is 1. The molecule has 1 fully saturated rings. The number of hydrogen-bond donors (Lipinski definition) is 2. The quantitative estimate of drug-likeness (QED) is 0.560. The number of benzene rings is 1. The first-order valence-corrected chi connectivity index (χ1v) is 8.81. The molecule has 0 unspecified atom stereocenters. The van der Waals surface area contributed by atoms with Gasteiger partial charge in [-0.2, -0.15) is 0 Å². The summed E-state index contributed by atoms with van der Waals surface area (Å²) in [7, 11) is 1.60.